The van der Waals surface area contributed by atoms with Gasteiger partial charge in [0.05, 0.1) is 19.3 Å². The van der Waals surface area contributed by atoms with Gasteiger partial charge in [-0.2, -0.15) is 0 Å². The summed E-state index contributed by atoms with van der Waals surface area (Å²) in [6.45, 7) is 2.13. The number of methoxy groups -OCH3 is 1. The number of ether oxygens (including phenoxy) is 2. The van der Waals surface area contributed by atoms with Gasteiger partial charge in [-0.3, -0.25) is 0 Å². The Bertz CT molecular complexity index is 570. The number of hydrogen-bond acceptors (Lipinski definition) is 4. The summed E-state index contributed by atoms with van der Waals surface area (Å²) >= 11 is 0. The fourth-order valence-corrected chi connectivity index (χ4v) is 2.02. The third-order valence-electron chi connectivity index (χ3n) is 3.33. The van der Waals surface area contributed by atoms with E-state index in [4.69, 9.17) is 15.2 Å². The van der Waals surface area contributed by atoms with E-state index in [1.807, 2.05) is 42.5 Å². The molecular weight excluding hydrogens is 266 g/mol. The molecule has 4 heteroatoms. The van der Waals surface area contributed by atoms with E-state index in [2.05, 4.69) is 0 Å². The molecule has 0 radical (unpaired) electrons. The second-order valence-electron chi connectivity index (χ2n) is 4.95. The van der Waals surface area contributed by atoms with E-state index in [0.717, 1.165) is 11.1 Å². The lowest BCUT2D eigenvalue weighted by atomic mass is 10.0. The van der Waals surface area contributed by atoms with Gasteiger partial charge in [0.25, 0.3) is 0 Å². The Balaban J connectivity index is 2.13. The van der Waals surface area contributed by atoms with Gasteiger partial charge in [0.1, 0.15) is 6.61 Å². The fraction of sp³-hybridized carbons (Fsp3) is 0.294. The molecule has 0 amide bonds. The second kappa shape index (κ2) is 7.11. The Hall–Kier alpha value is -2.04. The Morgan fingerprint density at radius 2 is 1.81 bits per heavy atom. The smallest absolute Gasteiger partial charge is 0.161 e. The molecule has 0 aliphatic heterocycles. The van der Waals surface area contributed by atoms with Gasteiger partial charge in [-0.1, -0.05) is 36.4 Å². The van der Waals surface area contributed by atoms with E-state index in [1.54, 1.807) is 20.1 Å². The number of nitrogens with two attached hydrogens (primary N) is 1. The highest BCUT2D eigenvalue weighted by Gasteiger charge is 2.15. The molecule has 0 aromatic heterocycles. The van der Waals surface area contributed by atoms with Gasteiger partial charge in [-0.05, 0) is 30.2 Å². The molecule has 0 aliphatic carbocycles. The topological polar surface area (TPSA) is 64.7 Å². The standard InChI is InChI=1S/C17H21NO3/c1-12(19)17(18)14-8-9-15(16(10-14)20-2)21-11-13-6-4-3-5-7-13/h3-10,12,17,19H,11,18H2,1-2H3/t12-,17-/m0/s1. The molecule has 21 heavy (non-hydrogen) atoms. The summed E-state index contributed by atoms with van der Waals surface area (Å²) in [5, 5.41) is 9.56. The zero-order valence-electron chi connectivity index (χ0n) is 12.3. The lowest BCUT2D eigenvalue weighted by molar-refractivity contribution is 0.164. The maximum absolute atomic E-state index is 9.56. The number of aliphatic hydroxyl groups is 1. The molecule has 3 N–H and O–H groups in total. The van der Waals surface area contributed by atoms with E-state index < -0.39 is 12.1 Å². The van der Waals surface area contributed by atoms with Crippen molar-refractivity contribution in [2.75, 3.05) is 7.11 Å². The van der Waals surface area contributed by atoms with Crippen LogP contribution in [0.15, 0.2) is 48.5 Å². The lowest BCUT2D eigenvalue weighted by Gasteiger charge is -2.17. The van der Waals surface area contributed by atoms with Gasteiger partial charge < -0.3 is 20.3 Å². The number of hydrogen-bond donors (Lipinski definition) is 2. The molecule has 4 nitrogen and oxygen atoms in total. The summed E-state index contributed by atoms with van der Waals surface area (Å²) in [6, 6.07) is 14.9. The van der Waals surface area contributed by atoms with Crippen LogP contribution in [0.5, 0.6) is 11.5 Å². The largest absolute Gasteiger partial charge is 0.493 e. The number of benzene rings is 2. The fourth-order valence-electron chi connectivity index (χ4n) is 2.02. The monoisotopic (exact) mass is 287 g/mol. The van der Waals surface area contributed by atoms with Gasteiger partial charge in [0.2, 0.25) is 0 Å². The first-order valence-corrected chi connectivity index (χ1v) is 6.90. The van der Waals surface area contributed by atoms with Crippen molar-refractivity contribution in [1.82, 2.24) is 0 Å². The van der Waals surface area contributed by atoms with Crippen molar-refractivity contribution < 1.29 is 14.6 Å². The van der Waals surface area contributed by atoms with Crippen molar-refractivity contribution in [3.05, 3.63) is 59.7 Å². The third kappa shape index (κ3) is 3.97. The van der Waals surface area contributed by atoms with Crippen LogP contribution in [0.1, 0.15) is 24.1 Å². The van der Waals surface area contributed by atoms with Gasteiger partial charge >= 0.3 is 0 Å². The molecule has 0 bridgehead atoms. The maximum atomic E-state index is 9.56. The zero-order chi connectivity index (χ0) is 15.2. The summed E-state index contributed by atoms with van der Waals surface area (Å²) in [7, 11) is 1.59. The average molecular weight is 287 g/mol. The van der Waals surface area contributed by atoms with E-state index in [-0.39, 0.29) is 0 Å². The van der Waals surface area contributed by atoms with E-state index in [9.17, 15) is 5.11 Å². The average Bonchev–Trinajstić information content (AvgIpc) is 2.53. The van der Waals surface area contributed by atoms with Crippen LogP contribution in [0.4, 0.5) is 0 Å². The lowest BCUT2D eigenvalue weighted by Crippen LogP contribution is -2.23. The minimum Gasteiger partial charge on any atom is -0.493 e. The first-order chi connectivity index (χ1) is 10.1. The van der Waals surface area contributed by atoms with E-state index >= 15 is 0 Å². The van der Waals surface area contributed by atoms with Crippen LogP contribution < -0.4 is 15.2 Å². The van der Waals surface area contributed by atoms with Crippen LogP contribution in [-0.4, -0.2) is 18.3 Å². The number of rotatable bonds is 6. The van der Waals surface area contributed by atoms with Crippen molar-refractivity contribution in [2.24, 2.45) is 5.73 Å². The van der Waals surface area contributed by atoms with Crippen LogP contribution in [0.3, 0.4) is 0 Å². The Morgan fingerprint density at radius 1 is 1.10 bits per heavy atom. The molecule has 0 saturated heterocycles. The maximum Gasteiger partial charge on any atom is 0.161 e. The Labute approximate surface area is 125 Å². The van der Waals surface area contributed by atoms with Crippen LogP contribution >= 0.6 is 0 Å². The third-order valence-corrected chi connectivity index (χ3v) is 3.33. The van der Waals surface area contributed by atoms with Crippen LogP contribution in [0.2, 0.25) is 0 Å². The predicted molar refractivity (Wildman–Crippen MR) is 82.4 cm³/mol. The Morgan fingerprint density at radius 3 is 2.43 bits per heavy atom. The molecular formula is C17H21NO3. The first-order valence-electron chi connectivity index (χ1n) is 6.90. The SMILES string of the molecule is COc1cc([C@@H](N)[C@H](C)O)ccc1OCc1ccccc1. The minimum absolute atomic E-state index is 0.443. The second-order valence-corrected chi connectivity index (χ2v) is 4.95. The van der Waals surface area contributed by atoms with Crippen molar-refractivity contribution in [1.29, 1.82) is 0 Å². The normalized spacial score (nSPS) is 13.5. The summed E-state index contributed by atoms with van der Waals surface area (Å²) in [4.78, 5) is 0. The van der Waals surface area contributed by atoms with Crippen molar-refractivity contribution in [3.63, 3.8) is 0 Å². The molecule has 2 aromatic carbocycles. The summed E-state index contributed by atoms with van der Waals surface area (Å²) in [5.41, 5.74) is 7.83. The molecule has 112 valence electrons. The first kappa shape index (κ1) is 15.4. The molecule has 0 unspecified atom stereocenters. The summed E-state index contributed by atoms with van der Waals surface area (Å²) in [5.74, 6) is 1.27. The highest BCUT2D eigenvalue weighted by atomic mass is 16.5. The van der Waals surface area contributed by atoms with Gasteiger partial charge in [0, 0.05) is 0 Å². The molecule has 2 rings (SSSR count). The minimum atomic E-state index is -0.620. The van der Waals surface area contributed by atoms with Crippen molar-refractivity contribution >= 4 is 0 Å². The van der Waals surface area contributed by atoms with Gasteiger partial charge in [-0.15, -0.1) is 0 Å². The van der Waals surface area contributed by atoms with E-state index in [0.29, 0.717) is 18.1 Å². The van der Waals surface area contributed by atoms with Gasteiger partial charge in [-0.25, -0.2) is 0 Å². The highest BCUT2D eigenvalue weighted by Crippen LogP contribution is 2.31. The predicted octanol–water partition coefficient (Wildman–Crippen LogP) is 2.65. The molecule has 0 saturated carbocycles. The van der Waals surface area contributed by atoms with E-state index in [1.165, 1.54) is 0 Å². The van der Waals surface area contributed by atoms with Crippen molar-refractivity contribution in [2.45, 2.75) is 25.7 Å². The molecule has 0 fully saturated rings. The van der Waals surface area contributed by atoms with Gasteiger partial charge in [0.15, 0.2) is 11.5 Å². The zero-order valence-corrected chi connectivity index (χ0v) is 12.3. The van der Waals surface area contributed by atoms with Crippen molar-refractivity contribution in [3.8, 4) is 11.5 Å². The van der Waals surface area contributed by atoms with Crippen LogP contribution in [0.25, 0.3) is 0 Å². The quantitative estimate of drug-likeness (QED) is 0.857. The van der Waals surface area contributed by atoms with Crippen LogP contribution in [0, 0.1) is 0 Å². The molecule has 0 aliphatic rings. The molecule has 2 atom stereocenters. The highest BCUT2D eigenvalue weighted by molar-refractivity contribution is 5.44. The number of aliphatic hydroxyl groups excluding tert-OH is 1. The summed E-state index contributed by atoms with van der Waals surface area (Å²) < 4.78 is 11.1. The van der Waals surface area contributed by atoms with Crippen LogP contribution in [-0.2, 0) is 6.61 Å². The Kier molecular flexibility index (Phi) is 5.20. The molecule has 2 aromatic rings. The summed E-state index contributed by atoms with van der Waals surface area (Å²) in [6.07, 6.45) is -0.620. The molecule has 0 spiro atoms. The molecule has 0 heterocycles.